The molecule has 15 aliphatic carbocycles. The fourth-order valence-corrected chi connectivity index (χ4v) is 43.6. The number of esters is 5. The summed E-state index contributed by atoms with van der Waals surface area (Å²) in [5.74, 6) is 29.7. The maximum Gasteiger partial charge on any atom is 0.363 e. The molecule has 13 nitrogen and oxygen atoms in total. The highest BCUT2D eigenvalue weighted by molar-refractivity contribution is 7.99. The molecule has 7 heterocycles. The van der Waals surface area contributed by atoms with Crippen LogP contribution in [0.1, 0.15) is 304 Å². The normalized spacial score (nSPS) is 38.3. The highest BCUT2D eigenvalue weighted by Crippen LogP contribution is 2.63. The van der Waals surface area contributed by atoms with Gasteiger partial charge in [-0.25, -0.2) is 32.4 Å². The van der Waals surface area contributed by atoms with Crippen LogP contribution in [-0.4, -0.2) is 186 Å². The van der Waals surface area contributed by atoms with Crippen LogP contribution < -0.4 is 0 Å². The van der Waals surface area contributed by atoms with E-state index in [0.29, 0.717) is 114 Å². The molecule has 23 rings (SSSR count). The van der Waals surface area contributed by atoms with Crippen LogP contribution in [-0.2, 0) is 123 Å². The predicted molar refractivity (Wildman–Crippen MR) is 494 cm³/mol. The lowest BCUT2D eigenvalue weighted by Crippen LogP contribution is -2.60. The standard InChI is InChI=1S/C22H35O2S.C18H29O2S.C17H27O2S.C15H23O4S2.C12H15OS.C11H21O2S.2CH4/c1-21(18-12-16-11-17(14-18)15-19(21)13-16)24-20(23)22(7-3-4-8-22)25-9-5-2-6-10-25;1-18(20-17(19)12-21-5-3-2-4-6-21)15-8-13-7-14(10-15)11-16(18)9-13;1-17(19-16(18)11-20-4-2-3-5-20)14-7-12-6-13(9-14)10-15(17)8-12;16-14(8-20-4-2-1-3-5-20)19-15-10-6-11-12(15)9-21(17,18)13(11)7-10;13-12(10-14-8-4-5-9-14)11-6-2-1-3-7-11;1-11(2,3)13-10(12)9-14-7-5-4-6-8-14;;/h16-19H,2-15H2,1H3;13-16H,2-12H2,1H3;12-15H,2-11H2,1H3;10-13,15H,1-9H2;1-3,6-7H,4-5,8-10H2;4-9H2,1-3H3;2*1H4/q6*+1;;. The minimum absolute atomic E-state index is 0. The van der Waals surface area contributed by atoms with Gasteiger partial charge in [-0.3, -0.25) is 4.79 Å². The van der Waals surface area contributed by atoms with Crippen LogP contribution in [0.15, 0.2) is 30.3 Å². The van der Waals surface area contributed by atoms with Crippen LogP contribution >= 0.6 is 0 Å². The molecule has 660 valence electrons. The molecule has 1 aromatic carbocycles. The Morgan fingerprint density at radius 3 is 1.09 bits per heavy atom. The van der Waals surface area contributed by atoms with Crippen LogP contribution in [0.4, 0.5) is 0 Å². The zero-order chi connectivity index (χ0) is 80.3. The number of hydrogen-bond acceptors (Lipinski definition) is 13. The van der Waals surface area contributed by atoms with Gasteiger partial charge in [-0.1, -0.05) is 45.2 Å². The Morgan fingerprint density at radius 1 is 0.385 bits per heavy atom. The molecule has 15 saturated carbocycles. The molecule has 22 aliphatic rings. The summed E-state index contributed by atoms with van der Waals surface area (Å²) in [6, 6.07) is 9.66. The molecule has 0 N–H and O–H groups in total. The SMILES string of the molecule is C.C.CC(C)(C)OC(=O)C[S+]1CCCCC1.CC1(OC(=O)C2([S+]3CCCCC3)CCCC2)C2CC3CC(C2)CC1C3.CC1(OC(=O)C[S+]2CCCC2)C2CC3CC(C2)CC1C3.CC1(OC(=O)C[S+]2CCCCC2)C2CC3CC(C2)CC1C3.O=C(C[S+]1CCCC1)c1ccccc1.O=C(C[S+]1CCCCC1)OC1C2CC3C1CS(=O)(=O)C3C2. The smallest absolute Gasteiger partial charge is 0.363 e. The molecule has 0 spiro atoms. The van der Waals surface area contributed by atoms with Gasteiger partial charge >= 0.3 is 29.8 Å². The number of rotatable bonds is 17. The van der Waals surface area contributed by atoms with Gasteiger partial charge in [-0.05, 0) is 404 Å². The van der Waals surface area contributed by atoms with Crippen molar-refractivity contribution in [3.8, 4) is 0 Å². The largest absolute Gasteiger partial charge is 0.458 e. The molecular formula is C97H158O13S7+6. The first-order valence-corrected chi connectivity index (χ1v) is 58.9. The van der Waals surface area contributed by atoms with Gasteiger partial charge in [-0.15, -0.1) is 0 Å². The van der Waals surface area contributed by atoms with E-state index in [4.69, 9.17) is 23.7 Å². The van der Waals surface area contributed by atoms with Crippen LogP contribution in [0.2, 0.25) is 0 Å². The minimum atomic E-state index is -2.92. The summed E-state index contributed by atoms with van der Waals surface area (Å²) in [6.45, 7) is 12.6. The quantitative estimate of drug-likeness (QED) is 0.0622. The van der Waals surface area contributed by atoms with Crippen molar-refractivity contribution in [2.24, 2.45) is 88.8 Å². The summed E-state index contributed by atoms with van der Waals surface area (Å²) in [5.41, 5.74) is 0.180. The second-order valence-corrected chi connectivity index (χ2v) is 58.1. The Bertz CT molecular complexity index is 3450. The monoisotopic (exact) mass is 1750 g/mol. The predicted octanol–water partition coefficient (Wildman–Crippen LogP) is 18.4. The molecule has 20 heteroatoms. The molecule has 0 aromatic heterocycles. The van der Waals surface area contributed by atoms with Gasteiger partial charge in [0.05, 0.1) is 11.0 Å². The van der Waals surface area contributed by atoms with E-state index in [-0.39, 0.29) is 123 Å². The van der Waals surface area contributed by atoms with Gasteiger partial charge < -0.3 is 23.7 Å². The molecule has 7 saturated heterocycles. The molecule has 0 radical (unpaired) electrons. The fourth-order valence-electron chi connectivity index (χ4n) is 27.0. The van der Waals surface area contributed by atoms with Gasteiger partial charge in [0.1, 0.15) is 97.5 Å². The summed E-state index contributed by atoms with van der Waals surface area (Å²) in [6.07, 6.45) is 47.6. The third kappa shape index (κ3) is 22.6. The average Bonchev–Trinajstić information content (AvgIpc) is 1.54. The summed E-state index contributed by atoms with van der Waals surface area (Å²) in [4.78, 5) is 74.1. The van der Waals surface area contributed by atoms with Gasteiger partial charge in [0.2, 0.25) is 33.5 Å². The van der Waals surface area contributed by atoms with Gasteiger partial charge in [0.15, 0.2) is 15.6 Å². The van der Waals surface area contributed by atoms with E-state index in [9.17, 15) is 37.2 Å². The molecule has 0 amide bonds. The van der Waals surface area contributed by atoms with Crippen molar-refractivity contribution in [3.63, 3.8) is 0 Å². The number of carbonyl (C=O) groups is 6. The van der Waals surface area contributed by atoms with Crippen molar-refractivity contribution in [1.82, 2.24) is 0 Å². The van der Waals surface area contributed by atoms with Crippen molar-refractivity contribution in [2.45, 2.75) is 332 Å². The molecule has 22 fully saturated rings. The maximum absolute atomic E-state index is 13.6. The van der Waals surface area contributed by atoms with Crippen LogP contribution in [0, 0.1) is 88.8 Å². The number of benzene rings is 1. The van der Waals surface area contributed by atoms with E-state index in [1.807, 2.05) is 51.1 Å². The lowest BCUT2D eigenvalue weighted by Gasteiger charge is -2.59. The molecular weight excluding hydrogens is 1600 g/mol. The maximum atomic E-state index is 13.6. The Kier molecular flexibility index (Phi) is 32.5. The molecule has 117 heavy (non-hydrogen) atoms. The molecule has 14 bridgehead atoms. The summed E-state index contributed by atoms with van der Waals surface area (Å²) >= 11 is 0. The van der Waals surface area contributed by atoms with Crippen LogP contribution in [0.3, 0.4) is 0 Å². The van der Waals surface area contributed by atoms with E-state index >= 15 is 0 Å². The first-order valence-electron chi connectivity index (χ1n) is 47.0. The Morgan fingerprint density at radius 2 is 0.718 bits per heavy atom. The van der Waals surface area contributed by atoms with E-state index in [1.165, 1.54) is 281 Å². The van der Waals surface area contributed by atoms with Crippen LogP contribution in [0.25, 0.3) is 0 Å². The highest BCUT2D eigenvalue weighted by Gasteiger charge is 2.66. The zero-order valence-electron chi connectivity index (χ0n) is 71.8. The van der Waals surface area contributed by atoms with Crippen molar-refractivity contribution in [2.75, 3.05) is 104 Å². The minimum Gasteiger partial charge on any atom is -0.458 e. The molecule has 5 atom stereocenters. The van der Waals surface area contributed by atoms with E-state index in [0.717, 1.165) is 72.5 Å². The van der Waals surface area contributed by atoms with Crippen molar-refractivity contribution >= 4 is 111 Å². The third-order valence-electron chi connectivity index (χ3n) is 32.5. The second-order valence-electron chi connectivity index (χ2n) is 41.6. The third-order valence-corrected chi connectivity index (χ3v) is 50.0. The highest BCUT2D eigenvalue weighted by atomic mass is 32.2. The number of ketones is 1. The number of carbonyl (C=O) groups excluding carboxylic acids is 6. The lowest BCUT2D eigenvalue weighted by molar-refractivity contribution is -0.205. The van der Waals surface area contributed by atoms with Crippen molar-refractivity contribution in [1.29, 1.82) is 0 Å². The second kappa shape index (κ2) is 40.9. The number of fused-ring (bicyclic) bond motifs is 1. The first-order chi connectivity index (χ1) is 55.2. The zero-order valence-corrected chi connectivity index (χ0v) is 77.5. The topological polar surface area (TPSA) is 183 Å². The summed E-state index contributed by atoms with van der Waals surface area (Å²) in [7, 11) is -1.04. The van der Waals surface area contributed by atoms with Gasteiger partial charge in [0, 0.05) is 35.2 Å². The van der Waals surface area contributed by atoms with Crippen molar-refractivity contribution in [3.05, 3.63) is 35.9 Å². The van der Waals surface area contributed by atoms with Gasteiger partial charge in [-0.2, -0.15) is 0 Å². The Hall–Kier alpha value is -1.71. The number of hydrogen-bond donors (Lipinski definition) is 0. The summed E-state index contributed by atoms with van der Waals surface area (Å²) < 4.78 is 54.1. The van der Waals surface area contributed by atoms with E-state index in [2.05, 4.69) is 20.8 Å². The fraction of sp³-hybridized carbons (Fsp3) is 0.876. The first kappa shape index (κ1) is 92.9. The van der Waals surface area contributed by atoms with Gasteiger partial charge in [0.25, 0.3) is 0 Å². The number of sulfone groups is 1. The Balaban J connectivity index is 0.000000123. The molecule has 7 aliphatic heterocycles. The molecule has 5 unspecified atom stereocenters. The Labute approximate surface area is 726 Å². The average molecular weight is 1760 g/mol. The number of Topliss-reactive ketones (excluding diaryl/α,β-unsaturated/α-hetero) is 1. The summed E-state index contributed by atoms with van der Waals surface area (Å²) in [5, 5.41) is -0.123. The van der Waals surface area contributed by atoms with Crippen LogP contribution in [0.5, 0.6) is 0 Å². The number of ether oxygens (including phenoxy) is 5. The molecule has 1 aromatic rings. The van der Waals surface area contributed by atoms with E-state index < -0.39 is 9.84 Å². The lowest BCUT2D eigenvalue weighted by atomic mass is 9.50. The van der Waals surface area contributed by atoms with Crippen molar-refractivity contribution < 1.29 is 60.9 Å². The van der Waals surface area contributed by atoms with E-state index in [1.54, 1.807) is 0 Å².